The van der Waals surface area contributed by atoms with Crippen molar-refractivity contribution in [3.05, 3.63) is 20.8 Å². The van der Waals surface area contributed by atoms with Gasteiger partial charge >= 0.3 is 0 Å². The first-order chi connectivity index (χ1) is 7.56. The van der Waals surface area contributed by atoms with Gasteiger partial charge in [-0.2, -0.15) is 0 Å². The van der Waals surface area contributed by atoms with E-state index in [0.29, 0.717) is 18.1 Å². The van der Waals surface area contributed by atoms with Crippen LogP contribution in [-0.4, -0.2) is 30.1 Å². The van der Waals surface area contributed by atoms with Gasteiger partial charge in [-0.3, -0.25) is 4.90 Å². The average molecular weight is 303 g/mol. The van der Waals surface area contributed by atoms with Gasteiger partial charge in [-0.25, -0.2) is 0 Å². The lowest BCUT2D eigenvalue weighted by molar-refractivity contribution is 0.133. The van der Waals surface area contributed by atoms with Gasteiger partial charge in [0.2, 0.25) is 0 Å². The van der Waals surface area contributed by atoms with E-state index in [2.05, 4.69) is 59.1 Å². The zero-order valence-corrected chi connectivity index (χ0v) is 12.4. The Morgan fingerprint density at radius 1 is 1.38 bits per heavy atom. The van der Waals surface area contributed by atoms with E-state index in [4.69, 9.17) is 0 Å². The molecule has 16 heavy (non-hydrogen) atoms. The number of halogens is 1. The molecule has 1 aliphatic heterocycles. The van der Waals surface area contributed by atoms with Crippen molar-refractivity contribution in [3.8, 4) is 0 Å². The van der Waals surface area contributed by atoms with E-state index >= 15 is 0 Å². The third-order valence-corrected chi connectivity index (χ3v) is 4.93. The second kappa shape index (κ2) is 5.17. The number of hydrogen-bond acceptors (Lipinski definition) is 3. The Hall–Kier alpha value is 0.1000. The zero-order valence-electron chi connectivity index (χ0n) is 10.0. The highest BCUT2D eigenvalue weighted by atomic mass is 79.9. The fourth-order valence-electron chi connectivity index (χ4n) is 2.42. The fraction of sp³-hybridized carbons (Fsp3) is 0.667. The van der Waals surface area contributed by atoms with Crippen LogP contribution in [0, 0.1) is 0 Å². The Balaban J connectivity index is 2.06. The van der Waals surface area contributed by atoms with Crippen LogP contribution in [0.4, 0.5) is 0 Å². The van der Waals surface area contributed by atoms with E-state index in [1.54, 1.807) is 0 Å². The van der Waals surface area contributed by atoms with E-state index in [0.717, 1.165) is 13.1 Å². The Morgan fingerprint density at radius 3 is 2.50 bits per heavy atom. The minimum atomic E-state index is 0.531. The maximum Gasteiger partial charge on any atom is 0.0701 e. The van der Waals surface area contributed by atoms with Crippen LogP contribution in [0.1, 0.15) is 31.7 Å². The molecule has 2 nitrogen and oxygen atoms in total. The van der Waals surface area contributed by atoms with Gasteiger partial charge in [-0.15, -0.1) is 11.3 Å². The first-order valence-electron chi connectivity index (χ1n) is 5.81. The van der Waals surface area contributed by atoms with Crippen LogP contribution in [0.2, 0.25) is 0 Å². The van der Waals surface area contributed by atoms with Crippen molar-refractivity contribution in [2.24, 2.45) is 0 Å². The normalized spacial score (nSPS) is 29.2. The summed E-state index contributed by atoms with van der Waals surface area (Å²) in [4.78, 5) is 4.03. The number of piperazine rings is 1. The molecule has 1 fully saturated rings. The number of nitrogens with zero attached hydrogens (tertiary/aromatic N) is 1. The molecular weight excluding hydrogens is 284 g/mol. The van der Waals surface area contributed by atoms with Crippen molar-refractivity contribution in [1.82, 2.24) is 10.2 Å². The molecule has 90 valence electrons. The van der Waals surface area contributed by atoms with Crippen LogP contribution in [0.25, 0.3) is 0 Å². The number of thiophene rings is 1. The minimum absolute atomic E-state index is 0.531. The largest absolute Gasteiger partial charge is 0.309 e. The molecule has 1 saturated heterocycles. The highest BCUT2D eigenvalue weighted by molar-refractivity contribution is 9.11. The van der Waals surface area contributed by atoms with Gasteiger partial charge in [0, 0.05) is 36.1 Å². The molecule has 1 aliphatic rings. The van der Waals surface area contributed by atoms with Crippen LogP contribution in [0.3, 0.4) is 0 Å². The molecule has 0 radical (unpaired) electrons. The summed E-state index contributed by atoms with van der Waals surface area (Å²) in [5.41, 5.74) is 0. The summed E-state index contributed by atoms with van der Waals surface area (Å²) in [7, 11) is 0. The Kier molecular flexibility index (Phi) is 4.06. The maximum atomic E-state index is 3.57. The molecule has 0 aromatic carbocycles. The summed E-state index contributed by atoms with van der Waals surface area (Å²) in [5, 5.41) is 3.57. The number of hydrogen-bond donors (Lipinski definition) is 1. The molecule has 0 amide bonds. The van der Waals surface area contributed by atoms with Crippen LogP contribution in [-0.2, 0) is 0 Å². The first-order valence-corrected chi connectivity index (χ1v) is 7.42. The monoisotopic (exact) mass is 302 g/mol. The van der Waals surface area contributed by atoms with Crippen molar-refractivity contribution in [3.63, 3.8) is 0 Å². The lowest BCUT2D eigenvalue weighted by atomic mass is 10.1. The fourth-order valence-corrected chi connectivity index (χ4v) is 3.93. The molecule has 2 heterocycles. The van der Waals surface area contributed by atoms with E-state index in [9.17, 15) is 0 Å². The molecular formula is C12H19BrN2S. The van der Waals surface area contributed by atoms with Gasteiger partial charge in [0.1, 0.15) is 0 Å². The van der Waals surface area contributed by atoms with Gasteiger partial charge in [-0.1, -0.05) is 0 Å². The van der Waals surface area contributed by atoms with Gasteiger partial charge in [-0.05, 0) is 48.8 Å². The standard InChI is InChI=1S/C12H19BrN2S/c1-8-6-15(7-9(2)14-8)10(3)11-4-5-12(13)16-11/h4-5,8-10,14H,6-7H2,1-3H3. The van der Waals surface area contributed by atoms with Gasteiger partial charge in [0.05, 0.1) is 3.79 Å². The van der Waals surface area contributed by atoms with E-state index in [1.807, 2.05) is 11.3 Å². The van der Waals surface area contributed by atoms with Gasteiger partial charge < -0.3 is 5.32 Å². The number of rotatable bonds is 2. The zero-order chi connectivity index (χ0) is 11.7. The molecule has 0 spiro atoms. The highest BCUT2D eigenvalue weighted by Crippen LogP contribution is 2.31. The van der Waals surface area contributed by atoms with Crippen molar-refractivity contribution in [2.45, 2.75) is 38.9 Å². The Morgan fingerprint density at radius 2 is 2.00 bits per heavy atom. The van der Waals surface area contributed by atoms with Crippen LogP contribution >= 0.6 is 27.3 Å². The van der Waals surface area contributed by atoms with E-state index in [-0.39, 0.29) is 0 Å². The highest BCUT2D eigenvalue weighted by Gasteiger charge is 2.25. The lowest BCUT2D eigenvalue weighted by Crippen LogP contribution is -2.54. The quantitative estimate of drug-likeness (QED) is 0.902. The van der Waals surface area contributed by atoms with Gasteiger partial charge in [0.25, 0.3) is 0 Å². The Labute approximate surface area is 110 Å². The summed E-state index contributed by atoms with van der Waals surface area (Å²) in [6.07, 6.45) is 0. The lowest BCUT2D eigenvalue weighted by Gasteiger charge is -2.39. The summed E-state index contributed by atoms with van der Waals surface area (Å²) >= 11 is 5.38. The van der Waals surface area contributed by atoms with Crippen molar-refractivity contribution < 1.29 is 0 Å². The third-order valence-electron chi connectivity index (χ3n) is 3.14. The summed E-state index contributed by atoms with van der Waals surface area (Å²) in [6.45, 7) is 9.12. The van der Waals surface area contributed by atoms with Crippen LogP contribution < -0.4 is 5.32 Å². The van der Waals surface area contributed by atoms with Crippen LogP contribution in [0.15, 0.2) is 15.9 Å². The SMILES string of the molecule is CC1CN(C(C)c2ccc(Br)s2)CC(C)N1. The second-order valence-corrected chi connectivity index (χ2v) is 7.24. The smallest absolute Gasteiger partial charge is 0.0701 e. The first kappa shape index (κ1) is 12.6. The predicted octanol–water partition coefficient (Wildman–Crippen LogP) is 3.25. The van der Waals surface area contributed by atoms with E-state index in [1.165, 1.54) is 8.66 Å². The maximum absolute atomic E-state index is 3.57. The summed E-state index contributed by atoms with van der Waals surface area (Å²) < 4.78 is 1.23. The topological polar surface area (TPSA) is 15.3 Å². The van der Waals surface area contributed by atoms with Crippen molar-refractivity contribution >= 4 is 27.3 Å². The molecule has 3 unspecified atom stereocenters. The molecule has 0 aliphatic carbocycles. The second-order valence-electron chi connectivity index (χ2n) is 4.74. The molecule has 0 bridgehead atoms. The number of nitrogens with one attached hydrogen (secondary N) is 1. The van der Waals surface area contributed by atoms with E-state index < -0.39 is 0 Å². The van der Waals surface area contributed by atoms with Crippen LogP contribution in [0.5, 0.6) is 0 Å². The summed E-state index contributed by atoms with van der Waals surface area (Å²) in [6, 6.07) is 6.09. The third kappa shape index (κ3) is 2.86. The molecule has 2 rings (SSSR count). The molecule has 1 aromatic rings. The van der Waals surface area contributed by atoms with Gasteiger partial charge in [0.15, 0.2) is 0 Å². The Bertz CT molecular complexity index is 343. The summed E-state index contributed by atoms with van der Waals surface area (Å²) in [5.74, 6) is 0. The van der Waals surface area contributed by atoms with Crippen molar-refractivity contribution in [2.75, 3.05) is 13.1 Å². The molecule has 1 N–H and O–H groups in total. The average Bonchev–Trinajstić information content (AvgIpc) is 2.62. The predicted molar refractivity (Wildman–Crippen MR) is 74.1 cm³/mol. The molecule has 4 heteroatoms. The molecule has 1 aromatic heterocycles. The van der Waals surface area contributed by atoms with Crippen molar-refractivity contribution in [1.29, 1.82) is 0 Å². The molecule has 0 saturated carbocycles. The molecule has 3 atom stereocenters. The minimum Gasteiger partial charge on any atom is -0.309 e.